The zero-order valence-corrected chi connectivity index (χ0v) is 13.8. The Labute approximate surface area is 150 Å². The molecule has 2 aromatic rings. The summed E-state index contributed by atoms with van der Waals surface area (Å²) < 4.78 is 82.4. The maximum Gasteiger partial charge on any atom is 0.416 e. The van der Waals surface area contributed by atoms with Crippen LogP contribution in [0.1, 0.15) is 28.3 Å². The largest absolute Gasteiger partial charge is 0.416 e. The number of hydrogen-bond donors (Lipinski definition) is 1. The Morgan fingerprint density at radius 2 is 1.48 bits per heavy atom. The molecule has 1 amide bonds. The zero-order valence-electron chi connectivity index (χ0n) is 13.8. The summed E-state index contributed by atoms with van der Waals surface area (Å²) in [5, 5.41) is 2.49. The highest BCUT2D eigenvalue weighted by Crippen LogP contribution is 2.36. The first-order valence-corrected chi connectivity index (χ1v) is 7.72. The molecule has 1 N–H and O–H groups in total. The van der Waals surface area contributed by atoms with Crippen LogP contribution in [0.15, 0.2) is 48.5 Å². The fourth-order valence-corrected chi connectivity index (χ4v) is 2.41. The van der Waals surface area contributed by atoms with Gasteiger partial charge in [-0.2, -0.15) is 26.3 Å². The van der Waals surface area contributed by atoms with E-state index in [2.05, 4.69) is 5.32 Å². The molecule has 0 radical (unpaired) electrons. The summed E-state index contributed by atoms with van der Waals surface area (Å²) in [6.07, 6.45) is -9.39. The normalized spacial score (nSPS) is 13.3. The van der Waals surface area contributed by atoms with Gasteiger partial charge >= 0.3 is 12.4 Å². The second-order valence-corrected chi connectivity index (χ2v) is 5.68. The van der Waals surface area contributed by atoms with Crippen LogP contribution in [0.3, 0.4) is 0 Å². The van der Waals surface area contributed by atoms with E-state index in [9.17, 15) is 31.1 Å². The van der Waals surface area contributed by atoms with E-state index in [-0.39, 0.29) is 18.2 Å². The molecule has 1 atom stereocenters. The smallest absolute Gasteiger partial charge is 0.374 e. The third kappa shape index (κ3) is 5.99. The Balaban J connectivity index is 2.15. The molecule has 0 fully saturated rings. The molecule has 27 heavy (non-hydrogen) atoms. The molecule has 0 saturated heterocycles. The number of alkyl halides is 6. The highest BCUT2D eigenvalue weighted by molar-refractivity contribution is 5.47. The average Bonchev–Trinajstić information content (AvgIpc) is 2.60. The van der Waals surface area contributed by atoms with Crippen molar-refractivity contribution in [1.82, 2.24) is 5.32 Å². The Bertz CT molecular complexity index is 726. The van der Waals surface area contributed by atoms with Gasteiger partial charge in [0.25, 0.3) is 0 Å². The molecule has 2 aromatic carbocycles. The fraction of sp³-hybridized carbons (Fsp3) is 0.278. The van der Waals surface area contributed by atoms with E-state index in [1.54, 1.807) is 30.3 Å². The summed E-state index contributed by atoms with van der Waals surface area (Å²) in [5.74, 6) is 0. The fourth-order valence-electron chi connectivity index (χ4n) is 2.41. The summed E-state index contributed by atoms with van der Waals surface area (Å²) in [6.45, 7) is -0.600. The van der Waals surface area contributed by atoms with Crippen molar-refractivity contribution in [3.05, 3.63) is 70.8 Å². The van der Waals surface area contributed by atoms with Crippen LogP contribution in [0.5, 0.6) is 0 Å². The molecular formula is C18H15F6NO2. The van der Waals surface area contributed by atoms with Crippen molar-refractivity contribution in [3.8, 4) is 0 Å². The van der Waals surface area contributed by atoms with Crippen LogP contribution < -0.4 is 5.32 Å². The van der Waals surface area contributed by atoms with Gasteiger partial charge in [-0.25, -0.2) is 0 Å². The van der Waals surface area contributed by atoms with Crippen molar-refractivity contribution >= 4 is 6.41 Å². The predicted octanol–water partition coefficient (Wildman–Crippen LogP) is 4.73. The van der Waals surface area contributed by atoms with Crippen LogP contribution in [0, 0.1) is 0 Å². The summed E-state index contributed by atoms with van der Waals surface area (Å²) in [5.41, 5.74) is -2.39. The van der Waals surface area contributed by atoms with E-state index in [1.165, 1.54) is 0 Å². The highest BCUT2D eigenvalue weighted by Gasteiger charge is 2.36. The lowest BCUT2D eigenvalue weighted by Crippen LogP contribution is -2.24. The summed E-state index contributed by atoms with van der Waals surface area (Å²) in [6, 6.07) is 9.30. The van der Waals surface area contributed by atoms with E-state index in [0.29, 0.717) is 24.1 Å². The van der Waals surface area contributed by atoms with Gasteiger partial charge in [-0.05, 0) is 29.3 Å². The van der Waals surface area contributed by atoms with Gasteiger partial charge in [0.15, 0.2) is 0 Å². The maximum atomic E-state index is 12.9. The topological polar surface area (TPSA) is 38.3 Å². The van der Waals surface area contributed by atoms with Gasteiger partial charge in [-0.15, -0.1) is 0 Å². The number of carbonyl (C=O) groups excluding carboxylic acids is 1. The lowest BCUT2D eigenvalue weighted by Gasteiger charge is -2.18. The Morgan fingerprint density at radius 3 is 1.96 bits per heavy atom. The number of hydrogen-bond acceptors (Lipinski definition) is 2. The lowest BCUT2D eigenvalue weighted by molar-refractivity contribution is -0.143. The predicted molar refractivity (Wildman–Crippen MR) is 84.5 cm³/mol. The molecule has 0 spiro atoms. The Hall–Kier alpha value is -2.55. The van der Waals surface area contributed by atoms with Crippen molar-refractivity contribution in [2.75, 3.05) is 6.61 Å². The van der Waals surface area contributed by atoms with Crippen LogP contribution in [0.2, 0.25) is 0 Å². The van der Waals surface area contributed by atoms with Crippen molar-refractivity contribution in [1.29, 1.82) is 0 Å². The van der Waals surface area contributed by atoms with Crippen molar-refractivity contribution < 1.29 is 35.9 Å². The first-order chi connectivity index (χ1) is 12.6. The molecule has 0 aliphatic heterocycles. The van der Waals surface area contributed by atoms with Gasteiger partial charge in [-0.3, -0.25) is 4.79 Å². The van der Waals surface area contributed by atoms with Gasteiger partial charge in [0.2, 0.25) is 6.41 Å². The van der Waals surface area contributed by atoms with E-state index in [0.717, 1.165) is 0 Å². The van der Waals surface area contributed by atoms with Crippen molar-refractivity contribution in [3.63, 3.8) is 0 Å². The molecule has 9 heteroatoms. The van der Waals surface area contributed by atoms with Crippen molar-refractivity contribution in [2.45, 2.75) is 25.0 Å². The van der Waals surface area contributed by atoms with Gasteiger partial charge in [-0.1, -0.05) is 30.3 Å². The van der Waals surface area contributed by atoms with Crippen LogP contribution >= 0.6 is 0 Å². The number of halogens is 6. The summed E-state index contributed by atoms with van der Waals surface area (Å²) in [4.78, 5) is 10.7. The van der Waals surface area contributed by atoms with E-state index >= 15 is 0 Å². The number of carbonyl (C=O) groups is 1. The summed E-state index contributed by atoms with van der Waals surface area (Å²) >= 11 is 0. The zero-order chi connectivity index (χ0) is 20.1. The van der Waals surface area contributed by atoms with E-state index in [1.807, 2.05) is 0 Å². The Kier molecular flexibility index (Phi) is 6.48. The quantitative estimate of drug-likeness (QED) is 0.548. The monoisotopic (exact) mass is 391 g/mol. The first-order valence-electron chi connectivity index (χ1n) is 7.72. The Morgan fingerprint density at radius 1 is 0.926 bits per heavy atom. The summed E-state index contributed by atoms with van der Waals surface area (Å²) in [7, 11) is 0. The van der Waals surface area contributed by atoms with Crippen LogP contribution in [0.25, 0.3) is 0 Å². The van der Waals surface area contributed by atoms with Crippen LogP contribution in [-0.2, 0) is 28.5 Å². The standard InChI is InChI=1S/C18H15F6NO2/c19-17(20,21)14-6-12(7-15(8-14)18(22,23)24)9-27-10-16(25-11-26)13-4-2-1-3-5-13/h1-8,11,16H,9-10H2,(H,25,26). The van der Waals surface area contributed by atoms with E-state index in [4.69, 9.17) is 4.74 Å². The SMILES string of the molecule is O=CNC(COCc1cc(C(F)(F)F)cc(C(F)(F)F)c1)c1ccccc1. The maximum absolute atomic E-state index is 12.9. The number of rotatable bonds is 7. The molecule has 0 saturated carbocycles. The molecule has 2 rings (SSSR count). The number of ether oxygens (including phenoxy) is 1. The molecule has 0 bridgehead atoms. The third-order valence-corrected chi connectivity index (χ3v) is 3.67. The molecule has 0 aromatic heterocycles. The minimum atomic E-state index is -4.92. The van der Waals surface area contributed by atoms with Gasteiger partial charge in [0, 0.05) is 0 Å². The molecular weight excluding hydrogens is 376 g/mol. The van der Waals surface area contributed by atoms with Gasteiger partial charge < -0.3 is 10.1 Å². The average molecular weight is 391 g/mol. The number of nitrogens with one attached hydrogen (secondary N) is 1. The molecule has 0 aliphatic rings. The molecule has 0 aliphatic carbocycles. The van der Waals surface area contributed by atoms with Crippen molar-refractivity contribution in [2.24, 2.45) is 0 Å². The third-order valence-electron chi connectivity index (χ3n) is 3.67. The lowest BCUT2D eigenvalue weighted by atomic mass is 10.0. The second-order valence-electron chi connectivity index (χ2n) is 5.68. The second kappa shape index (κ2) is 8.43. The van der Waals surface area contributed by atoms with Gasteiger partial charge in [0.1, 0.15) is 0 Å². The molecule has 1 unspecified atom stereocenters. The van der Waals surface area contributed by atoms with Crippen LogP contribution in [0.4, 0.5) is 26.3 Å². The minimum absolute atomic E-state index is 0.0597. The van der Waals surface area contributed by atoms with E-state index < -0.39 is 36.1 Å². The number of benzene rings is 2. The molecule has 3 nitrogen and oxygen atoms in total. The number of amides is 1. The van der Waals surface area contributed by atoms with Crippen LogP contribution in [-0.4, -0.2) is 13.0 Å². The van der Waals surface area contributed by atoms with Gasteiger partial charge in [0.05, 0.1) is 30.4 Å². The minimum Gasteiger partial charge on any atom is -0.374 e. The molecule has 0 heterocycles. The molecule has 146 valence electrons. The first kappa shape index (κ1) is 20.8. The highest BCUT2D eigenvalue weighted by atomic mass is 19.4.